The van der Waals surface area contributed by atoms with Crippen molar-refractivity contribution >= 4 is 16.8 Å². The molecule has 0 bridgehead atoms. The first kappa shape index (κ1) is 12.2. The molecule has 5 heteroatoms. The van der Waals surface area contributed by atoms with Crippen LogP contribution in [0.1, 0.15) is 19.8 Å². The van der Waals surface area contributed by atoms with E-state index < -0.39 is 10.8 Å². The summed E-state index contributed by atoms with van der Waals surface area (Å²) < 4.78 is 11.3. The van der Waals surface area contributed by atoms with Crippen LogP contribution < -0.4 is 11.1 Å². The van der Waals surface area contributed by atoms with E-state index in [1.807, 2.05) is 6.92 Å². The summed E-state index contributed by atoms with van der Waals surface area (Å²) in [6.45, 7) is 6.87. The van der Waals surface area contributed by atoms with E-state index in [0.717, 1.165) is 18.4 Å². The van der Waals surface area contributed by atoms with Crippen molar-refractivity contribution in [3.8, 4) is 0 Å². The zero-order valence-electron chi connectivity index (χ0n) is 9.38. The van der Waals surface area contributed by atoms with Gasteiger partial charge in [0, 0.05) is 23.6 Å². The first-order chi connectivity index (χ1) is 6.96. The van der Waals surface area contributed by atoms with Gasteiger partial charge in [0.25, 0.3) is 0 Å². The molecule has 1 aliphatic carbocycles. The third-order valence-electron chi connectivity index (χ3n) is 2.53. The van der Waals surface area contributed by atoms with Crippen molar-refractivity contribution in [2.45, 2.75) is 24.5 Å². The Hall–Kier alpha value is -0.840. The maximum Gasteiger partial charge on any atom is 0.188 e. The highest BCUT2D eigenvalue weighted by molar-refractivity contribution is 7.86. The molecule has 4 nitrogen and oxygen atoms in total. The van der Waals surface area contributed by atoms with Crippen molar-refractivity contribution in [2.24, 2.45) is 10.7 Å². The lowest BCUT2D eigenvalue weighted by Gasteiger charge is -2.09. The Balaban J connectivity index is 2.37. The molecule has 15 heavy (non-hydrogen) atoms. The molecule has 1 fully saturated rings. The molecule has 0 heterocycles. The van der Waals surface area contributed by atoms with Gasteiger partial charge < -0.3 is 11.1 Å². The van der Waals surface area contributed by atoms with Gasteiger partial charge in [0.2, 0.25) is 0 Å². The SMILES string of the molecule is C=C(C)CNC(N)=NCC1(S(C)=O)CC1. The average molecular weight is 229 g/mol. The van der Waals surface area contributed by atoms with Crippen LogP contribution in [0.25, 0.3) is 0 Å². The fraction of sp³-hybridized carbons (Fsp3) is 0.700. The Labute approximate surface area is 93.5 Å². The van der Waals surface area contributed by atoms with Crippen molar-refractivity contribution in [2.75, 3.05) is 19.3 Å². The number of nitrogens with two attached hydrogens (primary N) is 1. The Morgan fingerprint density at radius 1 is 1.67 bits per heavy atom. The van der Waals surface area contributed by atoms with E-state index in [1.165, 1.54) is 0 Å². The van der Waals surface area contributed by atoms with Gasteiger partial charge in [0.1, 0.15) is 0 Å². The lowest BCUT2D eigenvalue weighted by Crippen LogP contribution is -2.34. The Morgan fingerprint density at radius 2 is 2.27 bits per heavy atom. The molecule has 1 saturated carbocycles. The van der Waals surface area contributed by atoms with Gasteiger partial charge >= 0.3 is 0 Å². The van der Waals surface area contributed by atoms with Crippen LogP contribution in [0.3, 0.4) is 0 Å². The van der Waals surface area contributed by atoms with Gasteiger partial charge in [0.05, 0.1) is 11.3 Å². The van der Waals surface area contributed by atoms with Crippen LogP contribution in [0.4, 0.5) is 0 Å². The fourth-order valence-corrected chi connectivity index (χ4v) is 2.13. The van der Waals surface area contributed by atoms with Crippen LogP contribution in [0.2, 0.25) is 0 Å². The number of nitrogens with one attached hydrogen (secondary N) is 1. The van der Waals surface area contributed by atoms with Crippen molar-refractivity contribution < 1.29 is 4.21 Å². The van der Waals surface area contributed by atoms with Crippen LogP contribution in [0.5, 0.6) is 0 Å². The summed E-state index contributed by atoms with van der Waals surface area (Å²) in [5, 5.41) is 2.95. The molecule has 1 aliphatic rings. The lowest BCUT2D eigenvalue weighted by atomic mass is 10.3. The molecule has 0 radical (unpaired) electrons. The summed E-state index contributed by atoms with van der Waals surface area (Å²) in [6, 6.07) is 0. The van der Waals surface area contributed by atoms with Gasteiger partial charge in [-0.3, -0.25) is 9.20 Å². The molecule has 0 amide bonds. The van der Waals surface area contributed by atoms with Crippen molar-refractivity contribution in [1.82, 2.24) is 5.32 Å². The zero-order valence-corrected chi connectivity index (χ0v) is 10.2. The van der Waals surface area contributed by atoms with Crippen LogP contribution in [-0.4, -0.2) is 34.3 Å². The highest BCUT2D eigenvalue weighted by Crippen LogP contribution is 2.41. The third-order valence-corrected chi connectivity index (χ3v) is 4.28. The third kappa shape index (κ3) is 3.66. The number of aliphatic imine (C=N–C) groups is 1. The molecule has 0 aromatic carbocycles. The molecule has 0 aromatic heterocycles. The molecule has 1 rings (SSSR count). The summed E-state index contributed by atoms with van der Waals surface area (Å²) in [7, 11) is -0.802. The Morgan fingerprint density at radius 3 is 2.67 bits per heavy atom. The summed E-state index contributed by atoms with van der Waals surface area (Å²) in [5.41, 5.74) is 6.66. The maximum absolute atomic E-state index is 11.4. The quantitative estimate of drug-likeness (QED) is 0.407. The molecular formula is C10H19N3OS. The van der Waals surface area contributed by atoms with Crippen molar-refractivity contribution in [3.05, 3.63) is 12.2 Å². The predicted octanol–water partition coefficient (Wildman–Crippen LogP) is 0.378. The van der Waals surface area contributed by atoms with E-state index in [0.29, 0.717) is 19.0 Å². The lowest BCUT2D eigenvalue weighted by molar-refractivity contribution is 0.671. The van der Waals surface area contributed by atoms with Gasteiger partial charge in [-0.05, 0) is 19.8 Å². The minimum Gasteiger partial charge on any atom is -0.370 e. The predicted molar refractivity (Wildman–Crippen MR) is 65.3 cm³/mol. The van der Waals surface area contributed by atoms with E-state index in [4.69, 9.17) is 5.73 Å². The topological polar surface area (TPSA) is 67.5 Å². The Kier molecular flexibility index (Phi) is 3.90. The van der Waals surface area contributed by atoms with E-state index in [1.54, 1.807) is 6.26 Å². The summed E-state index contributed by atoms with van der Waals surface area (Å²) in [4.78, 5) is 4.20. The number of rotatable bonds is 5. The normalized spacial score (nSPS) is 20.8. The highest BCUT2D eigenvalue weighted by Gasteiger charge is 2.46. The largest absolute Gasteiger partial charge is 0.370 e. The van der Waals surface area contributed by atoms with Gasteiger partial charge in [0.15, 0.2) is 5.96 Å². The molecule has 0 spiro atoms. The van der Waals surface area contributed by atoms with Gasteiger partial charge in [-0.25, -0.2) is 0 Å². The number of hydrogen-bond acceptors (Lipinski definition) is 2. The molecule has 1 unspecified atom stereocenters. The van der Waals surface area contributed by atoms with Gasteiger partial charge in [-0.15, -0.1) is 0 Å². The molecule has 86 valence electrons. The van der Waals surface area contributed by atoms with Crippen LogP contribution in [0, 0.1) is 0 Å². The molecule has 1 atom stereocenters. The second kappa shape index (κ2) is 4.79. The van der Waals surface area contributed by atoms with E-state index in [9.17, 15) is 4.21 Å². The van der Waals surface area contributed by atoms with Crippen LogP contribution in [0.15, 0.2) is 17.1 Å². The van der Waals surface area contributed by atoms with Gasteiger partial charge in [-0.1, -0.05) is 12.2 Å². The molecule has 3 N–H and O–H groups in total. The zero-order chi connectivity index (χ0) is 11.5. The minimum atomic E-state index is -0.802. The van der Waals surface area contributed by atoms with Crippen molar-refractivity contribution in [3.63, 3.8) is 0 Å². The highest BCUT2D eigenvalue weighted by atomic mass is 32.2. The number of guanidine groups is 1. The second-order valence-corrected chi connectivity index (χ2v) is 5.92. The first-order valence-corrected chi connectivity index (χ1v) is 6.54. The van der Waals surface area contributed by atoms with E-state index in [2.05, 4.69) is 16.9 Å². The minimum absolute atomic E-state index is 0.0878. The smallest absolute Gasteiger partial charge is 0.188 e. The summed E-state index contributed by atoms with van der Waals surface area (Å²) >= 11 is 0. The fourth-order valence-electron chi connectivity index (χ4n) is 1.20. The molecule has 0 aliphatic heterocycles. The monoisotopic (exact) mass is 229 g/mol. The number of nitrogens with zero attached hydrogens (tertiary/aromatic N) is 1. The Bertz CT molecular complexity index is 308. The standard InChI is InChI=1S/C10H19N3OS/c1-8(2)6-12-9(11)13-7-10(4-5-10)15(3)14/h1,4-7H2,2-3H3,(H3,11,12,13). The van der Waals surface area contributed by atoms with Gasteiger partial charge in [-0.2, -0.15) is 0 Å². The molecule has 0 aromatic rings. The van der Waals surface area contributed by atoms with Crippen molar-refractivity contribution in [1.29, 1.82) is 0 Å². The summed E-state index contributed by atoms with van der Waals surface area (Å²) in [5.74, 6) is 0.412. The maximum atomic E-state index is 11.4. The molecule has 0 saturated heterocycles. The summed E-state index contributed by atoms with van der Waals surface area (Å²) in [6.07, 6.45) is 3.72. The average Bonchev–Trinajstić information content (AvgIpc) is 2.92. The molecular weight excluding hydrogens is 210 g/mol. The second-order valence-electron chi connectivity index (χ2n) is 4.15. The van der Waals surface area contributed by atoms with E-state index >= 15 is 0 Å². The number of hydrogen-bond donors (Lipinski definition) is 2. The first-order valence-electron chi connectivity index (χ1n) is 4.98. The van der Waals surface area contributed by atoms with Crippen LogP contribution >= 0.6 is 0 Å². The van der Waals surface area contributed by atoms with E-state index in [-0.39, 0.29) is 4.75 Å². The van der Waals surface area contributed by atoms with Crippen LogP contribution in [-0.2, 0) is 10.8 Å².